The van der Waals surface area contributed by atoms with Crippen molar-refractivity contribution in [2.24, 2.45) is 0 Å². The van der Waals surface area contributed by atoms with E-state index in [9.17, 15) is 4.79 Å². The molecule has 1 aromatic heterocycles. The lowest BCUT2D eigenvalue weighted by atomic mass is 10.1. The molecule has 2 rings (SSSR count). The fourth-order valence-electron chi connectivity index (χ4n) is 2.18. The Bertz CT molecular complexity index is 418. The van der Waals surface area contributed by atoms with Gasteiger partial charge in [0.2, 0.25) is 5.91 Å². The van der Waals surface area contributed by atoms with Crippen LogP contribution < -0.4 is 5.73 Å². The number of nitrogen functional groups attached to an aromatic ring is 1. The Labute approximate surface area is 107 Å². The van der Waals surface area contributed by atoms with E-state index in [2.05, 4.69) is 12.0 Å². The van der Waals surface area contributed by atoms with Crippen molar-refractivity contribution in [3.05, 3.63) is 12.4 Å². The Morgan fingerprint density at radius 1 is 1.67 bits per heavy atom. The second-order valence-corrected chi connectivity index (χ2v) is 4.72. The normalized spacial score (nSPS) is 24.2. The number of nitrogens with zero attached hydrogens (tertiary/aromatic N) is 3. The lowest BCUT2D eigenvalue weighted by Crippen LogP contribution is -2.52. The molecule has 100 valence electrons. The minimum absolute atomic E-state index is 0.0695. The van der Waals surface area contributed by atoms with Crippen molar-refractivity contribution in [3.8, 4) is 0 Å². The Balaban J connectivity index is 2.01. The van der Waals surface area contributed by atoms with E-state index in [0.29, 0.717) is 18.8 Å². The van der Waals surface area contributed by atoms with Gasteiger partial charge >= 0.3 is 0 Å². The van der Waals surface area contributed by atoms with Gasteiger partial charge in [0.1, 0.15) is 6.54 Å². The van der Waals surface area contributed by atoms with Gasteiger partial charge in [-0.05, 0) is 13.3 Å². The van der Waals surface area contributed by atoms with E-state index in [1.165, 1.54) is 0 Å². The summed E-state index contributed by atoms with van der Waals surface area (Å²) in [7, 11) is 0. The van der Waals surface area contributed by atoms with Crippen LogP contribution in [0.2, 0.25) is 0 Å². The predicted molar refractivity (Wildman–Crippen MR) is 67.8 cm³/mol. The van der Waals surface area contributed by atoms with Gasteiger partial charge in [0.25, 0.3) is 0 Å². The van der Waals surface area contributed by atoms with Crippen molar-refractivity contribution in [1.82, 2.24) is 14.7 Å². The first-order valence-corrected chi connectivity index (χ1v) is 6.29. The van der Waals surface area contributed by atoms with Gasteiger partial charge < -0.3 is 15.4 Å². The molecule has 0 radical (unpaired) electrons. The van der Waals surface area contributed by atoms with Gasteiger partial charge in [-0.1, -0.05) is 6.92 Å². The average Bonchev–Trinajstić information content (AvgIpc) is 2.74. The first-order valence-electron chi connectivity index (χ1n) is 6.29. The Morgan fingerprint density at radius 2 is 2.44 bits per heavy atom. The summed E-state index contributed by atoms with van der Waals surface area (Å²) in [6.45, 7) is 5.55. The molecule has 0 spiro atoms. The second kappa shape index (κ2) is 5.39. The molecule has 2 N–H and O–H groups in total. The maximum atomic E-state index is 12.3. The second-order valence-electron chi connectivity index (χ2n) is 4.72. The molecule has 18 heavy (non-hydrogen) atoms. The van der Waals surface area contributed by atoms with Crippen LogP contribution in [-0.4, -0.2) is 45.9 Å². The van der Waals surface area contributed by atoms with Crippen LogP contribution in [0.5, 0.6) is 0 Å². The molecule has 1 aromatic rings. The number of morpholine rings is 1. The van der Waals surface area contributed by atoms with Gasteiger partial charge in [0.05, 0.1) is 30.6 Å². The minimum atomic E-state index is 0.0695. The zero-order valence-corrected chi connectivity index (χ0v) is 10.9. The first-order chi connectivity index (χ1) is 8.60. The number of amides is 1. The van der Waals surface area contributed by atoms with Crippen molar-refractivity contribution in [3.63, 3.8) is 0 Å². The summed E-state index contributed by atoms with van der Waals surface area (Å²) >= 11 is 0. The van der Waals surface area contributed by atoms with Crippen molar-refractivity contribution in [1.29, 1.82) is 0 Å². The van der Waals surface area contributed by atoms with Crippen molar-refractivity contribution in [2.75, 3.05) is 18.9 Å². The molecule has 2 unspecified atom stereocenters. The number of carbonyl (C=O) groups excluding carboxylic acids is 1. The maximum Gasteiger partial charge on any atom is 0.244 e. The van der Waals surface area contributed by atoms with Crippen LogP contribution in [0.4, 0.5) is 5.69 Å². The van der Waals surface area contributed by atoms with Crippen LogP contribution in [-0.2, 0) is 16.1 Å². The van der Waals surface area contributed by atoms with E-state index in [-0.39, 0.29) is 24.6 Å². The first kappa shape index (κ1) is 12.9. The van der Waals surface area contributed by atoms with Gasteiger partial charge in [-0.2, -0.15) is 5.10 Å². The van der Waals surface area contributed by atoms with E-state index in [4.69, 9.17) is 10.5 Å². The Kier molecular flexibility index (Phi) is 3.86. The van der Waals surface area contributed by atoms with Gasteiger partial charge in [-0.25, -0.2) is 0 Å². The molecule has 6 nitrogen and oxygen atoms in total. The van der Waals surface area contributed by atoms with Crippen LogP contribution in [0, 0.1) is 0 Å². The highest BCUT2D eigenvalue weighted by Gasteiger charge is 2.29. The highest BCUT2D eigenvalue weighted by molar-refractivity contribution is 5.76. The monoisotopic (exact) mass is 252 g/mol. The summed E-state index contributed by atoms with van der Waals surface area (Å²) in [5.41, 5.74) is 6.15. The third-order valence-electron chi connectivity index (χ3n) is 3.21. The summed E-state index contributed by atoms with van der Waals surface area (Å²) in [6.07, 6.45) is 4.22. The average molecular weight is 252 g/mol. The van der Waals surface area contributed by atoms with E-state index in [1.807, 2.05) is 11.8 Å². The Morgan fingerprint density at radius 3 is 3.06 bits per heavy atom. The molecule has 1 amide bonds. The van der Waals surface area contributed by atoms with Crippen LogP contribution in [0.25, 0.3) is 0 Å². The standard InChI is InChI=1S/C12H20N4O2/c1-3-11-8-18-9(2)5-16(11)12(17)7-15-6-10(13)4-14-15/h4,6,9,11H,3,5,7-8,13H2,1-2H3. The fraction of sp³-hybridized carbons (Fsp3) is 0.667. The molecular weight excluding hydrogens is 232 g/mol. The molecule has 2 atom stereocenters. The van der Waals surface area contributed by atoms with Crippen LogP contribution in [0.1, 0.15) is 20.3 Å². The lowest BCUT2D eigenvalue weighted by molar-refractivity contribution is -0.145. The largest absolute Gasteiger partial charge is 0.396 e. The number of nitrogens with two attached hydrogens (primary N) is 1. The highest BCUT2D eigenvalue weighted by Crippen LogP contribution is 2.15. The maximum absolute atomic E-state index is 12.3. The number of aromatic nitrogens is 2. The van der Waals surface area contributed by atoms with Gasteiger partial charge in [-0.15, -0.1) is 0 Å². The summed E-state index contributed by atoms with van der Waals surface area (Å²) in [4.78, 5) is 14.2. The van der Waals surface area contributed by atoms with Crippen LogP contribution >= 0.6 is 0 Å². The SMILES string of the molecule is CCC1COC(C)CN1C(=O)Cn1cc(N)cn1. The van der Waals surface area contributed by atoms with Crippen molar-refractivity contribution >= 4 is 11.6 Å². The summed E-state index contributed by atoms with van der Waals surface area (Å²) in [5, 5.41) is 4.03. The summed E-state index contributed by atoms with van der Waals surface area (Å²) < 4.78 is 7.15. The van der Waals surface area contributed by atoms with Gasteiger partial charge in [-0.3, -0.25) is 9.48 Å². The topological polar surface area (TPSA) is 73.4 Å². The Hall–Kier alpha value is -1.56. The molecule has 1 aliphatic heterocycles. The molecule has 6 heteroatoms. The van der Waals surface area contributed by atoms with E-state index < -0.39 is 0 Å². The zero-order valence-electron chi connectivity index (χ0n) is 10.9. The molecule has 1 aliphatic rings. The van der Waals surface area contributed by atoms with Crippen LogP contribution in [0.3, 0.4) is 0 Å². The molecular formula is C12H20N4O2. The van der Waals surface area contributed by atoms with Crippen molar-refractivity contribution < 1.29 is 9.53 Å². The van der Waals surface area contributed by atoms with Gasteiger partial charge in [0.15, 0.2) is 0 Å². The number of hydrogen-bond donors (Lipinski definition) is 1. The zero-order chi connectivity index (χ0) is 13.1. The number of hydrogen-bond acceptors (Lipinski definition) is 4. The van der Waals surface area contributed by atoms with E-state index >= 15 is 0 Å². The minimum Gasteiger partial charge on any atom is -0.396 e. The molecule has 0 saturated carbocycles. The highest BCUT2D eigenvalue weighted by atomic mass is 16.5. The fourth-order valence-corrected chi connectivity index (χ4v) is 2.18. The number of ether oxygens (including phenoxy) is 1. The third kappa shape index (κ3) is 2.81. The number of carbonyl (C=O) groups is 1. The number of anilines is 1. The number of rotatable bonds is 3. The van der Waals surface area contributed by atoms with Gasteiger partial charge in [0, 0.05) is 12.7 Å². The molecule has 0 bridgehead atoms. The molecule has 0 aromatic carbocycles. The quantitative estimate of drug-likeness (QED) is 0.849. The molecule has 2 heterocycles. The smallest absolute Gasteiger partial charge is 0.244 e. The summed E-state index contributed by atoms with van der Waals surface area (Å²) in [6, 6.07) is 0.168. The third-order valence-corrected chi connectivity index (χ3v) is 3.21. The lowest BCUT2D eigenvalue weighted by Gasteiger charge is -2.38. The van der Waals surface area contributed by atoms with Crippen molar-refractivity contribution in [2.45, 2.75) is 39.0 Å². The summed E-state index contributed by atoms with van der Waals surface area (Å²) in [5.74, 6) is 0.0695. The molecule has 1 saturated heterocycles. The van der Waals surface area contributed by atoms with E-state index in [0.717, 1.165) is 6.42 Å². The molecule has 0 aliphatic carbocycles. The predicted octanol–water partition coefficient (Wildman–Crippen LogP) is 0.491. The van der Waals surface area contributed by atoms with E-state index in [1.54, 1.807) is 17.1 Å². The van der Waals surface area contributed by atoms with Crippen LogP contribution in [0.15, 0.2) is 12.4 Å². The molecule has 1 fully saturated rings.